The molecule has 0 aliphatic heterocycles. The lowest BCUT2D eigenvalue weighted by Gasteiger charge is -2.02. The molecule has 0 saturated heterocycles. The molecule has 120 valence electrons. The van der Waals surface area contributed by atoms with E-state index in [0.29, 0.717) is 22.6 Å². The van der Waals surface area contributed by atoms with E-state index < -0.39 is 0 Å². The normalized spacial score (nSPS) is 10.9. The van der Waals surface area contributed by atoms with Gasteiger partial charge in [-0.1, -0.05) is 30.3 Å². The third kappa shape index (κ3) is 3.41. The number of hydrazone groups is 1. The van der Waals surface area contributed by atoms with E-state index in [1.165, 1.54) is 12.3 Å². The summed E-state index contributed by atoms with van der Waals surface area (Å²) in [5, 5.41) is 3.88. The molecule has 24 heavy (non-hydrogen) atoms. The molecule has 0 fully saturated rings. The van der Waals surface area contributed by atoms with Gasteiger partial charge in [0.05, 0.1) is 11.8 Å². The van der Waals surface area contributed by atoms with Crippen molar-refractivity contribution in [1.29, 1.82) is 0 Å². The lowest BCUT2D eigenvalue weighted by Crippen LogP contribution is -2.18. The fourth-order valence-electron chi connectivity index (χ4n) is 2.27. The Bertz CT molecular complexity index is 900. The Labute approximate surface area is 138 Å². The van der Waals surface area contributed by atoms with Gasteiger partial charge in [0.1, 0.15) is 17.3 Å². The highest BCUT2D eigenvalue weighted by molar-refractivity contribution is 5.96. The van der Waals surface area contributed by atoms with Gasteiger partial charge in [0.25, 0.3) is 5.91 Å². The third-order valence-corrected chi connectivity index (χ3v) is 3.51. The van der Waals surface area contributed by atoms with Crippen LogP contribution in [-0.4, -0.2) is 12.1 Å². The van der Waals surface area contributed by atoms with Crippen LogP contribution < -0.4 is 5.43 Å². The minimum absolute atomic E-state index is 0.301. The van der Waals surface area contributed by atoms with Gasteiger partial charge < -0.3 is 4.42 Å². The number of rotatable bonds is 4. The van der Waals surface area contributed by atoms with Crippen molar-refractivity contribution in [1.82, 2.24) is 5.43 Å². The first-order chi connectivity index (χ1) is 11.6. The van der Waals surface area contributed by atoms with E-state index in [0.717, 1.165) is 5.56 Å². The van der Waals surface area contributed by atoms with Crippen LogP contribution in [0, 0.1) is 12.7 Å². The quantitative estimate of drug-likeness (QED) is 0.579. The van der Waals surface area contributed by atoms with Crippen LogP contribution in [0.4, 0.5) is 4.39 Å². The van der Waals surface area contributed by atoms with Gasteiger partial charge in [-0.05, 0) is 42.8 Å². The Morgan fingerprint density at radius 3 is 2.62 bits per heavy atom. The molecule has 1 heterocycles. The molecular weight excluding hydrogens is 307 g/mol. The van der Waals surface area contributed by atoms with Gasteiger partial charge in [0.2, 0.25) is 0 Å². The number of hydrogen-bond donors (Lipinski definition) is 1. The molecule has 0 radical (unpaired) electrons. The molecule has 3 aromatic rings. The molecule has 5 heteroatoms. The van der Waals surface area contributed by atoms with Gasteiger partial charge in [0.15, 0.2) is 0 Å². The van der Waals surface area contributed by atoms with Crippen molar-refractivity contribution in [3.63, 3.8) is 0 Å². The van der Waals surface area contributed by atoms with Crippen molar-refractivity contribution in [2.24, 2.45) is 5.10 Å². The summed E-state index contributed by atoms with van der Waals surface area (Å²) in [6, 6.07) is 16.9. The Morgan fingerprint density at radius 1 is 1.08 bits per heavy atom. The molecular formula is C19H15FN2O2. The summed E-state index contributed by atoms with van der Waals surface area (Å²) < 4.78 is 19.2. The van der Waals surface area contributed by atoms with Gasteiger partial charge in [0, 0.05) is 5.56 Å². The first kappa shape index (κ1) is 15.7. The largest absolute Gasteiger partial charge is 0.455 e. The van der Waals surface area contributed by atoms with Crippen molar-refractivity contribution in [3.8, 4) is 11.3 Å². The van der Waals surface area contributed by atoms with Gasteiger partial charge in [-0.15, -0.1) is 0 Å². The number of carbonyl (C=O) groups excluding carboxylic acids is 1. The minimum atomic E-state index is -0.358. The van der Waals surface area contributed by atoms with Crippen LogP contribution in [0.3, 0.4) is 0 Å². The zero-order valence-corrected chi connectivity index (χ0v) is 13.0. The highest BCUT2D eigenvalue weighted by Gasteiger charge is 2.09. The average molecular weight is 322 g/mol. The number of benzene rings is 2. The maximum atomic E-state index is 13.7. The van der Waals surface area contributed by atoms with E-state index in [4.69, 9.17) is 4.42 Å². The Morgan fingerprint density at radius 2 is 1.83 bits per heavy atom. The monoisotopic (exact) mass is 322 g/mol. The number of carbonyl (C=O) groups is 1. The Kier molecular flexibility index (Phi) is 4.52. The molecule has 4 nitrogen and oxygen atoms in total. The molecule has 0 unspecified atom stereocenters. The number of halogens is 1. The van der Waals surface area contributed by atoms with E-state index >= 15 is 0 Å². The topological polar surface area (TPSA) is 54.6 Å². The lowest BCUT2D eigenvalue weighted by molar-refractivity contribution is 0.0954. The Hall–Kier alpha value is -3.21. The molecule has 1 N–H and O–H groups in total. The van der Waals surface area contributed by atoms with E-state index in [2.05, 4.69) is 10.5 Å². The second-order valence-electron chi connectivity index (χ2n) is 5.20. The number of aryl methyl sites for hydroxylation is 1. The second-order valence-corrected chi connectivity index (χ2v) is 5.20. The number of furan rings is 1. The van der Waals surface area contributed by atoms with E-state index in [1.54, 1.807) is 42.5 Å². The van der Waals surface area contributed by atoms with Gasteiger partial charge in [-0.3, -0.25) is 4.79 Å². The maximum absolute atomic E-state index is 13.7. The molecule has 0 aliphatic carbocycles. The lowest BCUT2D eigenvalue weighted by atomic mass is 10.1. The predicted octanol–water partition coefficient (Wildman–Crippen LogP) is 4.16. The average Bonchev–Trinajstić information content (AvgIpc) is 3.04. The van der Waals surface area contributed by atoms with Crippen LogP contribution in [0.25, 0.3) is 11.3 Å². The molecule has 2 aromatic carbocycles. The number of nitrogens with zero attached hydrogens (tertiary/aromatic N) is 1. The van der Waals surface area contributed by atoms with Crippen molar-refractivity contribution >= 4 is 12.1 Å². The Balaban J connectivity index is 1.69. The number of amides is 1. The van der Waals surface area contributed by atoms with Crippen LogP contribution in [0.15, 0.2) is 70.2 Å². The van der Waals surface area contributed by atoms with E-state index in [1.807, 2.05) is 19.1 Å². The number of hydrogen-bond acceptors (Lipinski definition) is 3. The summed E-state index contributed by atoms with van der Waals surface area (Å²) in [6.45, 7) is 1.85. The molecule has 0 spiro atoms. The smallest absolute Gasteiger partial charge is 0.271 e. The summed E-state index contributed by atoms with van der Waals surface area (Å²) >= 11 is 0. The summed E-state index contributed by atoms with van der Waals surface area (Å²) in [6.07, 6.45) is 1.38. The van der Waals surface area contributed by atoms with Crippen molar-refractivity contribution in [2.45, 2.75) is 6.92 Å². The zero-order chi connectivity index (χ0) is 16.9. The summed E-state index contributed by atoms with van der Waals surface area (Å²) in [4.78, 5) is 12.0. The first-order valence-corrected chi connectivity index (χ1v) is 7.39. The van der Waals surface area contributed by atoms with Crippen LogP contribution in [0.2, 0.25) is 0 Å². The molecule has 1 amide bonds. The standard InChI is InChI=1S/C19H15FN2O2/c1-13-6-2-3-7-15(13)19(23)22-21-12-14-10-11-18(24-14)16-8-4-5-9-17(16)20/h2-12H,1H3,(H,22,23)/b21-12-. The molecule has 0 aliphatic rings. The highest BCUT2D eigenvalue weighted by atomic mass is 19.1. The van der Waals surface area contributed by atoms with Crippen molar-refractivity contribution < 1.29 is 13.6 Å². The molecule has 1 aromatic heterocycles. The first-order valence-electron chi connectivity index (χ1n) is 7.39. The van der Waals surface area contributed by atoms with E-state index in [9.17, 15) is 9.18 Å². The molecule has 0 atom stereocenters. The maximum Gasteiger partial charge on any atom is 0.271 e. The SMILES string of the molecule is Cc1ccccc1C(=O)N/N=C\c1ccc(-c2ccccc2F)o1. The highest BCUT2D eigenvalue weighted by Crippen LogP contribution is 2.24. The fourth-order valence-corrected chi connectivity index (χ4v) is 2.27. The fraction of sp³-hybridized carbons (Fsp3) is 0.0526. The molecule has 0 bridgehead atoms. The van der Waals surface area contributed by atoms with E-state index in [-0.39, 0.29) is 11.7 Å². The molecule has 0 saturated carbocycles. The summed E-state index contributed by atoms with van der Waals surface area (Å²) in [5.74, 6) is 0.159. The van der Waals surface area contributed by atoms with Crippen LogP contribution >= 0.6 is 0 Å². The minimum Gasteiger partial charge on any atom is -0.455 e. The van der Waals surface area contributed by atoms with Gasteiger partial charge in [-0.25, -0.2) is 9.82 Å². The van der Waals surface area contributed by atoms with Gasteiger partial charge in [-0.2, -0.15) is 5.10 Å². The van der Waals surface area contributed by atoms with Crippen LogP contribution in [0.5, 0.6) is 0 Å². The van der Waals surface area contributed by atoms with Crippen molar-refractivity contribution in [2.75, 3.05) is 0 Å². The van der Waals surface area contributed by atoms with Crippen molar-refractivity contribution in [3.05, 3.63) is 83.4 Å². The zero-order valence-electron chi connectivity index (χ0n) is 13.0. The van der Waals surface area contributed by atoms with Crippen LogP contribution in [-0.2, 0) is 0 Å². The second kappa shape index (κ2) is 6.91. The number of nitrogens with one attached hydrogen (secondary N) is 1. The summed E-state index contributed by atoms with van der Waals surface area (Å²) in [5.41, 5.74) is 4.24. The summed E-state index contributed by atoms with van der Waals surface area (Å²) in [7, 11) is 0. The van der Waals surface area contributed by atoms with Gasteiger partial charge >= 0.3 is 0 Å². The van der Waals surface area contributed by atoms with Crippen LogP contribution in [0.1, 0.15) is 21.7 Å². The molecule has 3 rings (SSSR count). The predicted molar refractivity (Wildman–Crippen MR) is 90.3 cm³/mol. The third-order valence-electron chi connectivity index (χ3n) is 3.51.